The number of hydrogen-bond acceptors (Lipinski definition) is 4. The van der Waals surface area contributed by atoms with Crippen molar-refractivity contribution in [2.24, 2.45) is 0 Å². The highest BCUT2D eigenvalue weighted by atomic mass is 16.5. The fraction of sp³-hybridized carbons (Fsp3) is 0.176. The second kappa shape index (κ2) is 5.89. The van der Waals surface area contributed by atoms with Crippen molar-refractivity contribution in [3.8, 4) is 11.5 Å². The number of nitrogens with zero attached hydrogens (tertiary/aromatic N) is 1. The van der Waals surface area contributed by atoms with Gasteiger partial charge in [0.1, 0.15) is 6.61 Å². The number of benzene rings is 2. The van der Waals surface area contributed by atoms with E-state index in [0.717, 1.165) is 16.6 Å². The molecule has 1 aromatic heterocycles. The zero-order chi connectivity index (χ0) is 15.5. The van der Waals surface area contributed by atoms with Crippen molar-refractivity contribution in [1.82, 2.24) is 10.2 Å². The number of H-pyrrole nitrogens is 1. The Kier molecular flexibility index (Phi) is 3.78. The fourth-order valence-corrected chi connectivity index (χ4v) is 2.31. The van der Waals surface area contributed by atoms with Gasteiger partial charge >= 0.3 is 0 Å². The molecule has 5 nitrogen and oxygen atoms in total. The first-order valence-electron chi connectivity index (χ1n) is 6.93. The number of hydrogen-bond donors (Lipinski definition) is 1. The van der Waals surface area contributed by atoms with Gasteiger partial charge in [-0.3, -0.25) is 4.79 Å². The van der Waals surface area contributed by atoms with Crippen LogP contribution in [0.2, 0.25) is 0 Å². The van der Waals surface area contributed by atoms with Crippen LogP contribution in [0.5, 0.6) is 11.5 Å². The molecule has 0 atom stereocenters. The van der Waals surface area contributed by atoms with Gasteiger partial charge in [0.15, 0.2) is 11.5 Å². The van der Waals surface area contributed by atoms with Crippen LogP contribution in [0.15, 0.2) is 47.3 Å². The number of ether oxygens (including phenoxy) is 2. The average molecular weight is 296 g/mol. The Balaban J connectivity index is 2.01. The maximum atomic E-state index is 11.9. The third-order valence-corrected chi connectivity index (χ3v) is 3.50. The number of aryl methyl sites for hydroxylation is 1. The molecule has 0 aliphatic carbocycles. The number of nitrogens with one attached hydrogen (secondary N) is 1. The largest absolute Gasteiger partial charge is 0.493 e. The first-order chi connectivity index (χ1) is 10.7. The molecule has 112 valence electrons. The SMILES string of the molecule is COc1cc2c(C)n[nH]c(=O)c2cc1OCc1ccccc1. The lowest BCUT2D eigenvalue weighted by atomic mass is 10.1. The first-order valence-corrected chi connectivity index (χ1v) is 6.93. The van der Waals surface area contributed by atoms with Gasteiger partial charge in [-0.05, 0) is 24.6 Å². The predicted molar refractivity (Wildman–Crippen MR) is 84.4 cm³/mol. The molecule has 0 bridgehead atoms. The van der Waals surface area contributed by atoms with Crippen LogP contribution in [0.25, 0.3) is 10.8 Å². The number of rotatable bonds is 4. The van der Waals surface area contributed by atoms with Gasteiger partial charge in [-0.2, -0.15) is 5.10 Å². The van der Waals surface area contributed by atoms with Gasteiger partial charge in [0, 0.05) is 5.39 Å². The second-order valence-corrected chi connectivity index (χ2v) is 4.96. The summed E-state index contributed by atoms with van der Waals surface area (Å²) in [4.78, 5) is 11.9. The molecule has 1 heterocycles. The number of fused-ring (bicyclic) bond motifs is 1. The van der Waals surface area contributed by atoms with Crippen molar-refractivity contribution in [3.05, 3.63) is 64.1 Å². The third kappa shape index (κ3) is 2.65. The van der Waals surface area contributed by atoms with Gasteiger partial charge in [-0.25, -0.2) is 5.10 Å². The monoisotopic (exact) mass is 296 g/mol. The summed E-state index contributed by atoms with van der Waals surface area (Å²) in [6, 6.07) is 13.3. The predicted octanol–water partition coefficient (Wildman–Crippen LogP) is 2.82. The van der Waals surface area contributed by atoms with E-state index in [1.165, 1.54) is 0 Å². The third-order valence-electron chi connectivity index (χ3n) is 3.50. The zero-order valence-electron chi connectivity index (χ0n) is 12.4. The topological polar surface area (TPSA) is 64.2 Å². The molecule has 2 aromatic carbocycles. The van der Waals surface area contributed by atoms with Crippen LogP contribution in [-0.4, -0.2) is 17.3 Å². The van der Waals surface area contributed by atoms with Crippen molar-refractivity contribution in [2.45, 2.75) is 13.5 Å². The summed E-state index contributed by atoms with van der Waals surface area (Å²) in [6.45, 7) is 2.24. The van der Waals surface area contributed by atoms with E-state index in [1.807, 2.05) is 37.3 Å². The van der Waals surface area contributed by atoms with Crippen LogP contribution in [0.4, 0.5) is 0 Å². The number of aromatic amines is 1. The molecule has 5 heteroatoms. The summed E-state index contributed by atoms with van der Waals surface area (Å²) in [5, 5.41) is 7.75. The fourth-order valence-electron chi connectivity index (χ4n) is 2.31. The molecule has 0 radical (unpaired) electrons. The smallest absolute Gasteiger partial charge is 0.272 e. The van der Waals surface area contributed by atoms with Crippen LogP contribution in [0, 0.1) is 6.92 Å². The Morgan fingerprint density at radius 2 is 1.82 bits per heavy atom. The summed E-state index contributed by atoms with van der Waals surface area (Å²) in [5.41, 5.74) is 1.54. The Bertz CT molecular complexity index is 857. The molecule has 0 unspecified atom stereocenters. The normalized spacial score (nSPS) is 10.6. The molecule has 1 N–H and O–H groups in total. The van der Waals surface area contributed by atoms with Gasteiger partial charge in [0.05, 0.1) is 18.2 Å². The van der Waals surface area contributed by atoms with E-state index < -0.39 is 0 Å². The van der Waals surface area contributed by atoms with E-state index in [0.29, 0.717) is 23.5 Å². The molecule has 0 aliphatic rings. The Morgan fingerprint density at radius 3 is 2.55 bits per heavy atom. The molecule has 3 aromatic rings. The Morgan fingerprint density at radius 1 is 1.09 bits per heavy atom. The minimum Gasteiger partial charge on any atom is -0.493 e. The Hall–Kier alpha value is -2.82. The van der Waals surface area contributed by atoms with Crippen LogP contribution < -0.4 is 15.0 Å². The molecular formula is C17H16N2O3. The van der Waals surface area contributed by atoms with Gasteiger partial charge in [0.2, 0.25) is 0 Å². The van der Waals surface area contributed by atoms with E-state index in [2.05, 4.69) is 10.2 Å². The highest BCUT2D eigenvalue weighted by Crippen LogP contribution is 2.32. The van der Waals surface area contributed by atoms with Crippen molar-refractivity contribution in [1.29, 1.82) is 0 Å². The minimum atomic E-state index is -0.243. The highest BCUT2D eigenvalue weighted by molar-refractivity contribution is 5.86. The van der Waals surface area contributed by atoms with E-state index >= 15 is 0 Å². The van der Waals surface area contributed by atoms with Crippen LogP contribution >= 0.6 is 0 Å². The summed E-state index contributed by atoms with van der Waals surface area (Å²) in [5.74, 6) is 1.12. The van der Waals surface area contributed by atoms with Gasteiger partial charge < -0.3 is 9.47 Å². The van der Waals surface area contributed by atoms with Crippen molar-refractivity contribution in [2.75, 3.05) is 7.11 Å². The van der Waals surface area contributed by atoms with Crippen molar-refractivity contribution < 1.29 is 9.47 Å². The summed E-state index contributed by atoms with van der Waals surface area (Å²) < 4.78 is 11.2. The Labute approximate surface area is 127 Å². The van der Waals surface area contributed by atoms with Crippen LogP contribution in [0.1, 0.15) is 11.3 Å². The van der Waals surface area contributed by atoms with E-state index in [9.17, 15) is 4.79 Å². The minimum absolute atomic E-state index is 0.243. The molecule has 0 saturated heterocycles. The summed E-state index contributed by atoms with van der Waals surface area (Å²) in [6.07, 6.45) is 0. The molecule has 0 spiro atoms. The summed E-state index contributed by atoms with van der Waals surface area (Å²) in [7, 11) is 1.58. The standard InChI is InChI=1S/C17H16N2O3/c1-11-13-8-15(21-2)16(9-14(13)17(20)19-18-11)22-10-12-6-4-3-5-7-12/h3-9H,10H2,1-2H3,(H,19,20). The van der Waals surface area contributed by atoms with Crippen molar-refractivity contribution >= 4 is 10.8 Å². The zero-order valence-corrected chi connectivity index (χ0v) is 12.4. The average Bonchev–Trinajstić information content (AvgIpc) is 2.56. The van der Waals surface area contributed by atoms with E-state index in [4.69, 9.17) is 9.47 Å². The molecule has 0 aliphatic heterocycles. The van der Waals surface area contributed by atoms with Crippen LogP contribution in [-0.2, 0) is 6.61 Å². The second-order valence-electron chi connectivity index (χ2n) is 4.96. The number of methoxy groups -OCH3 is 1. The maximum absolute atomic E-state index is 11.9. The van der Waals surface area contributed by atoms with E-state index in [1.54, 1.807) is 19.2 Å². The van der Waals surface area contributed by atoms with Crippen molar-refractivity contribution in [3.63, 3.8) is 0 Å². The highest BCUT2D eigenvalue weighted by Gasteiger charge is 2.11. The van der Waals surface area contributed by atoms with Gasteiger partial charge in [0.25, 0.3) is 5.56 Å². The molecule has 0 saturated carbocycles. The first kappa shape index (κ1) is 14.1. The van der Waals surface area contributed by atoms with E-state index in [-0.39, 0.29) is 5.56 Å². The lowest BCUT2D eigenvalue weighted by Crippen LogP contribution is -2.10. The van der Waals surface area contributed by atoms with Gasteiger partial charge in [-0.1, -0.05) is 30.3 Å². The molecule has 22 heavy (non-hydrogen) atoms. The molecule has 3 rings (SSSR count). The molecule has 0 amide bonds. The van der Waals surface area contributed by atoms with Crippen LogP contribution in [0.3, 0.4) is 0 Å². The lowest BCUT2D eigenvalue weighted by Gasteiger charge is -2.12. The molecule has 0 fully saturated rings. The lowest BCUT2D eigenvalue weighted by molar-refractivity contribution is 0.285. The number of aromatic nitrogens is 2. The summed E-state index contributed by atoms with van der Waals surface area (Å²) >= 11 is 0. The molecular weight excluding hydrogens is 280 g/mol. The quantitative estimate of drug-likeness (QED) is 0.804. The maximum Gasteiger partial charge on any atom is 0.272 e. The van der Waals surface area contributed by atoms with Gasteiger partial charge in [-0.15, -0.1) is 0 Å².